The molecule has 0 amide bonds. The molecule has 3 aliphatic rings. The first kappa shape index (κ1) is 22.6. The largest absolute Gasteiger partial charge is 0.489 e. The van der Waals surface area contributed by atoms with Gasteiger partial charge in [-0.3, -0.25) is 0 Å². The van der Waals surface area contributed by atoms with Crippen molar-refractivity contribution in [3.05, 3.63) is 81.6 Å². The molecule has 2 saturated heterocycles. The summed E-state index contributed by atoms with van der Waals surface area (Å²) in [6.07, 6.45) is 7.47. The second-order valence-corrected chi connectivity index (χ2v) is 9.87. The number of halogens is 1. The SMILES string of the molecule is COC1(c2cc(F)cc(OCc3ccc4c(c3)C=CC3NNC(c5nccs5)N43)c2)CCOCC1. The molecule has 7 nitrogen and oxygen atoms in total. The van der Waals surface area contributed by atoms with Crippen molar-refractivity contribution in [2.45, 2.75) is 37.4 Å². The lowest BCUT2D eigenvalue weighted by atomic mass is 9.86. The van der Waals surface area contributed by atoms with Gasteiger partial charge in [0.05, 0.1) is 5.60 Å². The summed E-state index contributed by atoms with van der Waals surface area (Å²) >= 11 is 1.63. The van der Waals surface area contributed by atoms with Gasteiger partial charge in [0.2, 0.25) is 0 Å². The third-order valence-corrected chi connectivity index (χ3v) is 7.78. The number of nitrogens with one attached hydrogen (secondary N) is 2. The van der Waals surface area contributed by atoms with E-state index in [9.17, 15) is 4.39 Å². The molecule has 9 heteroatoms. The van der Waals surface area contributed by atoms with Gasteiger partial charge in [0.15, 0.2) is 0 Å². The maximum atomic E-state index is 14.5. The summed E-state index contributed by atoms with van der Waals surface area (Å²) in [5.74, 6) is 0.162. The molecule has 2 N–H and O–H groups in total. The van der Waals surface area contributed by atoms with Gasteiger partial charge in [-0.15, -0.1) is 11.3 Å². The van der Waals surface area contributed by atoms with E-state index in [0.29, 0.717) is 38.4 Å². The highest BCUT2D eigenvalue weighted by atomic mass is 32.1. The van der Waals surface area contributed by atoms with Crippen molar-refractivity contribution in [1.29, 1.82) is 0 Å². The van der Waals surface area contributed by atoms with E-state index in [2.05, 4.69) is 51.1 Å². The van der Waals surface area contributed by atoms with Crippen LogP contribution < -0.4 is 20.5 Å². The van der Waals surface area contributed by atoms with Crippen LogP contribution in [-0.4, -0.2) is 31.5 Å². The summed E-state index contributed by atoms with van der Waals surface area (Å²) in [7, 11) is 1.67. The van der Waals surface area contributed by atoms with Gasteiger partial charge in [0, 0.05) is 56.5 Å². The van der Waals surface area contributed by atoms with E-state index in [0.717, 1.165) is 27.4 Å². The van der Waals surface area contributed by atoms with Crippen LogP contribution in [0.25, 0.3) is 6.08 Å². The van der Waals surface area contributed by atoms with E-state index in [1.54, 1.807) is 24.5 Å². The van der Waals surface area contributed by atoms with Crippen molar-refractivity contribution >= 4 is 23.1 Å². The Kier molecular flexibility index (Phi) is 6.03. The third-order valence-electron chi connectivity index (χ3n) is 6.95. The number of methoxy groups -OCH3 is 1. The number of hydrazine groups is 1. The first-order chi connectivity index (χ1) is 17.1. The van der Waals surface area contributed by atoms with Crippen molar-refractivity contribution in [3.8, 4) is 5.75 Å². The monoisotopic (exact) mass is 494 g/mol. The molecule has 182 valence electrons. The maximum absolute atomic E-state index is 14.5. The minimum absolute atomic E-state index is 0.0326. The van der Waals surface area contributed by atoms with Crippen molar-refractivity contribution < 1.29 is 18.6 Å². The number of aromatic nitrogens is 1. The average molecular weight is 495 g/mol. The molecule has 0 spiro atoms. The average Bonchev–Trinajstić information content (AvgIpc) is 3.57. The molecule has 0 bridgehead atoms. The first-order valence-corrected chi connectivity index (χ1v) is 12.6. The molecule has 4 heterocycles. The van der Waals surface area contributed by atoms with Crippen LogP contribution in [0.5, 0.6) is 5.75 Å². The molecule has 0 aliphatic carbocycles. The highest BCUT2D eigenvalue weighted by Crippen LogP contribution is 2.39. The van der Waals surface area contributed by atoms with Gasteiger partial charge >= 0.3 is 0 Å². The minimum Gasteiger partial charge on any atom is -0.489 e. The second-order valence-electron chi connectivity index (χ2n) is 8.94. The Labute approximate surface area is 207 Å². The smallest absolute Gasteiger partial charge is 0.147 e. The number of benzene rings is 2. The lowest BCUT2D eigenvalue weighted by Gasteiger charge is -2.36. The van der Waals surface area contributed by atoms with Crippen LogP contribution in [0, 0.1) is 5.82 Å². The zero-order chi connectivity index (χ0) is 23.8. The summed E-state index contributed by atoms with van der Waals surface area (Å²) in [5.41, 5.74) is 10.1. The van der Waals surface area contributed by atoms with E-state index >= 15 is 0 Å². The Bertz CT molecular complexity index is 1230. The van der Waals surface area contributed by atoms with Crippen LogP contribution in [0.3, 0.4) is 0 Å². The number of thiazole rings is 1. The molecular formula is C26H27FN4O3S. The lowest BCUT2D eigenvalue weighted by molar-refractivity contribution is -0.0950. The van der Waals surface area contributed by atoms with E-state index in [1.165, 1.54) is 6.07 Å². The molecule has 1 aromatic heterocycles. The van der Waals surface area contributed by atoms with Crippen molar-refractivity contribution in [3.63, 3.8) is 0 Å². The molecular weight excluding hydrogens is 467 g/mol. The van der Waals surface area contributed by atoms with E-state index in [4.69, 9.17) is 14.2 Å². The summed E-state index contributed by atoms with van der Waals surface area (Å²) in [6, 6.07) is 11.1. The third kappa shape index (κ3) is 4.23. The van der Waals surface area contributed by atoms with Gasteiger partial charge in [-0.25, -0.2) is 20.2 Å². The number of anilines is 1. The fourth-order valence-electron chi connectivity index (χ4n) is 5.09. The summed E-state index contributed by atoms with van der Waals surface area (Å²) < 4.78 is 31.9. The number of fused-ring (bicyclic) bond motifs is 3. The van der Waals surface area contributed by atoms with Crippen LogP contribution >= 0.6 is 11.3 Å². The van der Waals surface area contributed by atoms with E-state index in [1.807, 2.05) is 17.6 Å². The fourth-order valence-corrected chi connectivity index (χ4v) is 5.77. The highest BCUT2D eigenvalue weighted by molar-refractivity contribution is 7.09. The normalized spacial score (nSPS) is 22.6. The van der Waals surface area contributed by atoms with Gasteiger partial charge in [0.1, 0.15) is 35.5 Å². The number of nitrogens with zero attached hydrogens (tertiary/aromatic N) is 2. The second kappa shape index (κ2) is 9.33. The van der Waals surface area contributed by atoms with Gasteiger partial charge in [-0.2, -0.15) is 0 Å². The summed E-state index contributed by atoms with van der Waals surface area (Å²) in [5, 5.41) is 2.99. The number of hydrogen-bond acceptors (Lipinski definition) is 8. The van der Waals surface area contributed by atoms with E-state index in [-0.39, 0.29) is 18.1 Å². The van der Waals surface area contributed by atoms with Crippen LogP contribution in [0.1, 0.15) is 40.7 Å². The van der Waals surface area contributed by atoms with Gasteiger partial charge < -0.3 is 19.1 Å². The molecule has 0 radical (unpaired) electrons. The van der Waals surface area contributed by atoms with Crippen LogP contribution in [0.2, 0.25) is 0 Å². The molecule has 3 aromatic rings. The zero-order valence-electron chi connectivity index (χ0n) is 19.4. The number of rotatable bonds is 6. The standard InChI is InChI=1S/C26H27FN4O3S/c1-32-26(6-9-33-10-7-26)19-13-20(27)15-21(14-19)34-16-17-2-4-22-18(12-17)3-5-23-29-30-24(31(22)23)25-28-8-11-35-25/h2-5,8,11-15,23-24,29-30H,6-7,9-10,16H2,1H3. The Morgan fingerprint density at radius 3 is 2.89 bits per heavy atom. The predicted octanol–water partition coefficient (Wildman–Crippen LogP) is 4.48. The molecule has 3 aliphatic heterocycles. The van der Waals surface area contributed by atoms with Gasteiger partial charge in [-0.05, 0) is 47.0 Å². The Balaban J connectivity index is 1.21. The summed E-state index contributed by atoms with van der Waals surface area (Å²) in [4.78, 5) is 6.77. The highest BCUT2D eigenvalue weighted by Gasteiger charge is 2.37. The number of ether oxygens (including phenoxy) is 3. The van der Waals surface area contributed by atoms with Crippen molar-refractivity contribution in [2.75, 3.05) is 25.2 Å². The zero-order valence-corrected chi connectivity index (χ0v) is 20.2. The molecule has 35 heavy (non-hydrogen) atoms. The van der Waals surface area contributed by atoms with Gasteiger partial charge in [-0.1, -0.05) is 12.1 Å². The van der Waals surface area contributed by atoms with Crippen LogP contribution in [0.15, 0.2) is 54.1 Å². The summed E-state index contributed by atoms with van der Waals surface area (Å²) in [6.45, 7) is 1.52. The topological polar surface area (TPSA) is 67.9 Å². The van der Waals surface area contributed by atoms with Crippen molar-refractivity contribution in [2.24, 2.45) is 0 Å². The predicted molar refractivity (Wildman–Crippen MR) is 132 cm³/mol. The molecule has 6 rings (SSSR count). The first-order valence-electron chi connectivity index (χ1n) is 11.7. The minimum atomic E-state index is -0.544. The number of hydrogen-bond donors (Lipinski definition) is 2. The molecule has 2 atom stereocenters. The quantitative estimate of drug-likeness (QED) is 0.524. The Morgan fingerprint density at radius 1 is 1.20 bits per heavy atom. The van der Waals surface area contributed by atoms with Crippen LogP contribution in [-0.2, 0) is 21.7 Å². The molecule has 2 fully saturated rings. The molecule has 0 saturated carbocycles. The molecule has 2 unspecified atom stereocenters. The molecule has 2 aromatic carbocycles. The van der Waals surface area contributed by atoms with Crippen LogP contribution in [0.4, 0.5) is 10.1 Å². The Hall–Kier alpha value is -2.82. The maximum Gasteiger partial charge on any atom is 0.147 e. The fraction of sp³-hybridized carbons (Fsp3) is 0.346. The van der Waals surface area contributed by atoms with Crippen molar-refractivity contribution in [1.82, 2.24) is 15.8 Å². The van der Waals surface area contributed by atoms with E-state index < -0.39 is 5.60 Å². The van der Waals surface area contributed by atoms with Gasteiger partial charge in [0.25, 0.3) is 0 Å². The Morgan fingerprint density at radius 2 is 2.09 bits per heavy atom. The lowest BCUT2D eigenvalue weighted by Crippen LogP contribution is -2.37.